The molecule has 1 unspecified atom stereocenters. The lowest BCUT2D eigenvalue weighted by molar-refractivity contribution is 0.0948. The van der Waals surface area contributed by atoms with Gasteiger partial charge in [0.1, 0.15) is 0 Å². The van der Waals surface area contributed by atoms with E-state index < -0.39 is 0 Å². The molecular formula is C12H16N2O3. The minimum Gasteiger partial charge on any atom is -0.504 e. The lowest BCUT2D eigenvalue weighted by atomic mass is 10.1. The third-order valence-electron chi connectivity index (χ3n) is 2.95. The smallest absolute Gasteiger partial charge is 0.251 e. The summed E-state index contributed by atoms with van der Waals surface area (Å²) in [6, 6.07) is 4.05. The van der Waals surface area contributed by atoms with Crippen LogP contribution in [0.3, 0.4) is 0 Å². The number of rotatable bonds is 3. The van der Waals surface area contributed by atoms with Crippen LogP contribution in [0.15, 0.2) is 18.2 Å². The molecule has 17 heavy (non-hydrogen) atoms. The van der Waals surface area contributed by atoms with E-state index in [4.69, 9.17) is 5.11 Å². The molecule has 0 radical (unpaired) electrons. The van der Waals surface area contributed by atoms with Crippen LogP contribution in [0.2, 0.25) is 0 Å². The van der Waals surface area contributed by atoms with Gasteiger partial charge in [0.15, 0.2) is 11.5 Å². The summed E-state index contributed by atoms with van der Waals surface area (Å²) in [5, 5.41) is 24.5. The molecule has 2 rings (SSSR count). The standard InChI is InChI=1S/C12H16N2O3/c15-10-2-1-9(5-11(10)16)12(17)14-7-8-3-4-13-6-8/h1-2,5,8,13,15-16H,3-4,6-7H2,(H,14,17). The Morgan fingerprint density at radius 3 is 2.88 bits per heavy atom. The summed E-state index contributed by atoms with van der Waals surface area (Å²) in [5.74, 6) is -0.251. The van der Waals surface area contributed by atoms with Crippen molar-refractivity contribution in [1.82, 2.24) is 10.6 Å². The number of phenolic OH excluding ortho intramolecular Hbond substituents is 2. The highest BCUT2D eigenvalue weighted by Gasteiger charge is 2.16. The lowest BCUT2D eigenvalue weighted by Gasteiger charge is -2.10. The minimum atomic E-state index is -0.278. The first-order valence-corrected chi connectivity index (χ1v) is 5.67. The third kappa shape index (κ3) is 2.88. The largest absolute Gasteiger partial charge is 0.504 e. The number of nitrogens with one attached hydrogen (secondary N) is 2. The molecule has 1 heterocycles. The van der Waals surface area contributed by atoms with Crippen molar-refractivity contribution in [3.05, 3.63) is 23.8 Å². The van der Waals surface area contributed by atoms with Gasteiger partial charge >= 0.3 is 0 Å². The van der Waals surface area contributed by atoms with E-state index in [1.807, 2.05) is 0 Å². The zero-order valence-corrected chi connectivity index (χ0v) is 9.44. The first-order chi connectivity index (χ1) is 8.16. The van der Waals surface area contributed by atoms with Gasteiger partial charge in [-0.2, -0.15) is 0 Å². The monoisotopic (exact) mass is 236 g/mol. The molecule has 1 aromatic carbocycles. The Bertz CT molecular complexity index is 414. The first-order valence-electron chi connectivity index (χ1n) is 5.67. The fourth-order valence-corrected chi connectivity index (χ4v) is 1.89. The molecule has 5 heteroatoms. The number of phenols is 2. The second kappa shape index (κ2) is 5.05. The molecule has 92 valence electrons. The molecule has 0 aliphatic carbocycles. The molecular weight excluding hydrogens is 220 g/mol. The van der Waals surface area contributed by atoms with Crippen LogP contribution in [-0.4, -0.2) is 35.8 Å². The molecule has 0 bridgehead atoms. The highest BCUT2D eigenvalue weighted by atomic mass is 16.3. The maximum absolute atomic E-state index is 11.7. The van der Waals surface area contributed by atoms with E-state index in [9.17, 15) is 9.90 Å². The molecule has 5 nitrogen and oxygen atoms in total. The number of aromatic hydroxyl groups is 2. The Labute approximate surface area is 99.5 Å². The van der Waals surface area contributed by atoms with Gasteiger partial charge in [0, 0.05) is 12.1 Å². The Morgan fingerprint density at radius 2 is 2.24 bits per heavy atom. The fraction of sp³-hybridized carbons (Fsp3) is 0.417. The van der Waals surface area contributed by atoms with Crippen LogP contribution in [0.5, 0.6) is 11.5 Å². The molecule has 1 aromatic rings. The summed E-state index contributed by atoms with van der Waals surface area (Å²) in [7, 11) is 0. The van der Waals surface area contributed by atoms with Crippen LogP contribution in [0.4, 0.5) is 0 Å². The van der Waals surface area contributed by atoms with Crippen molar-refractivity contribution in [1.29, 1.82) is 0 Å². The van der Waals surface area contributed by atoms with Crippen LogP contribution in [0.25, 0.3) is 0 Å². The van der Waals surface area contributed by atoms with Crippen molar-refractivity contribution in [2.24, 2.45) is 5.92 Å². The van der Waals surface area contributed by atoms with Gasteiger partial charge in [-0.3, -0.25) is 4.79 Å². The highest BCUT2D eigenvalue weighted by molar-refractivity contribution is 5.94. The molecule has 0 spiro atoms. The Morgan fingerprint density at radius 1 is 1.41 bits per heavy atom. The lowest BCUT2D eigenvalue weighted by Crippen LogP contribution is -2.30. The normalized spacial score (nSPS) is 19.2. The van der Waals surface area contributed by atoms with Gasteiger partial charge in [-0.05, 0) is 43.6 Å². The SMILES string of the molecule is O=C(NCC1CCNC1)c1ccc(O)c(O)c1. The number of hydrogen-bond donors (Lipinski definition) is 4. The van der Waals surface area contributed by atoms with Crippen molar-refractivity contribution in [2.75, 3.05) is 19.6 Å². The quantitative estimate of drug-likeness (QED) is 0.574. The van der Waals surface area contributed by atoms with E-state index in [0.717, 1.165) is 19.5 Å². The van der Waals surface area contributed by atoms with Crippen molar-refractivity contribution < 1.29 is 15.0 Å². The summed E-state index contributed by atoms with van der Waals surface area (Å²) in [5.41, 5.74) is 0.353. The predicted octanol–water partition coefficient (Wildman–Crippen LogP) is 0.437. The number of carbonyl (C=O) groups excluding carboxylic acids is 1. The second-order valence-electron chi connectivity index (χ2n) is 4.27. The average Bonchev–Trinajstić information content (AvgIpc) is 2.82. The Hall–Kier alpha value is -1.75. The van der Waals surface area contributed by atoms with E-state index in [1.165, 1.54) is 18.2 Å². The second-order valence-corrected chi connectivity index (χ2v) is 4.27. The van der Waals surface area contributed by atoms with Crippen LogP contribution in [0, 0.1) is 5.92 Å². The van der Waals surface area contributed by atoms with Crippen LogP contribution >= 0.6 is 0 Å². The molecule has 1 atom stereocenters. The van der Waals surface area contributed by atoms with Crippen molar-refractivity contribution in [3.8, 4) is 11.5 Å². The Balaban J connectivity index is 1.92. The molecule has 1 saturated heterocycles. The number of hydrogen-bond acceptors (Lipinski definition) is 4. The van der Waals surface area contributed by atoms with E-state index >= 15 is 0 Å². The minimum absolute atomic E-state index is 0.221. The summed E-state index contributed by atoms with van der Waals surface area (Å²) in [4.78, 5) is 11.7. The number of benzene rings is 1. The van der Waals surface area contributed by atoms with Crippen LogP contribution < -0.4 is 10.6 Å². The van der Waals surface area contributed by atoms with Gasteiger partial charge < -0.3 is 20.8 Å². The number of carbonyl (C=O) groups is 1. The van der Waals surface area contributed by atoms with Gasteiger partial charge in [-0.25, -0.2) is 0 Å². The van der Waals surface area contributed by atoms with E-state index in [2.05, 4.69) is 10.6 Å². The van der Waals surface area contributed by atoms with Crippen LogP contribution in [0.1, 0.15) is 16.8 Å². The highest BCUT2D eigenvalue weighted by Crippen LogP contribution is 2.24. The van der Waals surface area contributed by atoms with Gasteiger partial charge in [0.2, 0.25) is 0 Å². The fourth-order valence-electron chi connectivity index (χ4n) is 1.89. The first kappa shape index (κ1) is 11.7. The number of amides is 1. The molecule has 1 fully saturated rings. The van der Waals surface area contributed by atoms with Gasteiger partial charge in [0.05, 0.1) is 0 Å². The third-order valence-corrected chi connectivity index (χ3v) is 2.95. The van der Waals surface area contributed by atoms with Crippen molar-refractivity contribution in [2.45, 2.75) is 6.42 Å². The molecule has 0 saturated carbocycles. The summed E-state index contributed by atoms with van der Waals surface area (Å²) in [6.45, 7) is 2.56. The zero-order valence-electron chi connectivity index (χ0n) is 9.44. The summed E-state index contributed by atoms with van der Waals surface area (Å²) >= 11 is 0. The summed E-state index contributed by atoms with van der Waals surface area (Å²) in [6.07, 6.45) is 1.07. The Kier molecular flexibility index (Phi) is 3.49. The van der Waals surface area contributed by atoms with Crippen LogP contribution in [-0.2, 0) is 0 Å². The van der Waals surface area contributed by atoms with Crippen molar-refractivity contribution in [3.63, 3.8) is 0 Å². The van der Waals surface area contributed by atoms with E-state index in [1.54, 1.807) is 0 Å². The van der Waals surface area contributed by atoms with E-state index in [-0.39, 0.29) is 17.4 Å². The molecule has 1 amide bonds. The summed E-state index contributed by atoms with van der Waals surface area (Å²) < 4.78 is 0. The molecule has 0 aromatic heterocycles. The van der Waals surface area contributed by atoms with Gasteiger partial charge in [0.25, 0.3) is 5.91 Å². The van der Waals surface area contributed by atoms with Gasteiger partial charge in [-0.1, -0.05) is 0 Å². The van der Waals surface area contributed by atoms with E-state index in [0.29, 0.717) is 18.0 Å². The topological polar surface area (TPSA) is 81.6 Å². The molecule has 1 aliphatic rings. The molecule has 4 N–H and O–H groups in total. The zero-order chi connectivity index (χ0) is 12.3. The van der Waals surface area contributed by atoms with Crippen molar-refractivity contribution >= 4 is 5.91 Å². The molecule has 1 aliphatic heterocycles. The maximum atomic E-state index is 11.7. The maximum Gasteiger partial charge on any atom is 0.251 e. The average molecular weight is 236 g/mol. The van der Waals surface area contributed by atoms with Gasteiger partial charge in [-0.15, -0.1) is 0 Å². The predicted molar refractivity (Wildman–Crippen MR) is 63.1 cm³/mol.